The van der Waals surface area contributed by atoms with E-state index in [9.17, 15) is 4.79 Å². The summed E-state index contributed by atoms with van der Waals surface area (Å²) in [6.07, 6.45) is 2.84. The topological polar surface area (TPSA) is 37.3 Å². The Bertz CT molecular complexity index is 145. The van der Waals surface area contributed by atoms with E-state index in [1.54, 1.807) is 0 Å². The van der Waals surface area contributed by atoms with E-state index in [4.69, 9.17) is 5.11 Å². The number of hydrogen-bond donors (Lipinski definition) is 1. The number of carbonyl (C=O) groups is 1. The quantitative estimate of drug-likeness (QED) is 0.639. The Hall–Kier alpha value is -0.530. The molecule has 1 saturated carbocycles. The standard InChI is InChI=1S/C8H14O2/c1-6(2)8(7(9)10)4-3-5-8/h6H,3-5H2,1-2H3,(H,9,10). The summed E-state index contributed by atoms with van der Waals surface area (Å²) in [4.78, 5) is 10.7. The van der Waals surface area contributed by atoms with Crippen LogP contribution in [0, 0.1) is 11.3 Å². The van der Waals surface area contributed by atoms with E-state index in [1.165, 1.54) is 0 Å². The van der Waals surface area contributed by atoms with Crippen LogP contribution in [0.3, 0.4) is 0 Å². The molecule has 1 aliphatic carbocycles. The average Bonchev–Trinajstić information content (AvgIpc) is 1.57. The van der Waals surface area contributed by atoms with E-state index in [0.29, 0.717) is 5.92 Å². The maximum absolute atomic E-state index is 10.7. The molecule has 10 heavy (non-hydrogen) atoms. The third-order valence-corrected chi connectivity index (χ3v) is 2.78. The second-order valence-corrected chi connectivity index (χ2v) is 3.47. The normalized spacial score (nSPS) is 22.3. The molecule has 0 unspecified atom stereocenters. The number of carboxylic acid groups (broad SMARTS) is 1. The van der Waals surface area contributed by atoms with Gasteiger partial charge in [0.25, 0.3) is 0 Å². The summed E-state index contributed by atoms with van der Waals surface area (Å²) >= 11 is 0. The first-order valence-electron chi connectivity index (χ1n) is 3.83. The first-order chi connectivity index (χ1) is 4.59. The molecular weight excluding hydrogens is 128 g/mol. The summed E-state index contributed by atoms with van der Waals surface area (Å²) in [7, 11) is 0. The highest BCUT2D eigenvalue weighted by Crippen LogP contribution is 2.46. The SMILES string of the molecule is CC(C)C1(C(=O)O)CCC1. The predicted molar refractivity (Wildman–Crippen MR) is 38.8 cm³/mol. The van der Waals surface area contributed by atoms with Crippen LogP contribution in [0.25, 0.3) is 0 Å². The molecule has 0 saturated heterocycles. The van der Waals surface area contributed by atoms with Crippen LogP contribution >= 0.6 is 0 Å². The second-order valence-electron chi connectivity index (χ2n) is 3.47. The molecule has 0 heterocycles. The smallest absolute Gasteiger partial charge is 0.309 e. The lowest BCUT2D eigenvalue weighted by Crippen LogP contribution is -2.42. The summed E-state index contributed by atoms with van der Waals surface area (Å²) in [6, 6.07) is 0. The molecule has 0 aliphatic heterocycles. The molecular formula is C8H14O2. The minimum absolute atomic E-state index is 0.291. The lowest BCUT2D eigenvalue weighted by molar-refractivity contribution is -0.158. The molecule has 0 aromatic heterocycles. The number of carboxylic acids is 1. The van der Waals surface area contributed by atoms with Gasteiger partial charge in [-0.25, -0.2) is 0 Å². The molecule has 0 bridgehead atoms. The summed E-state index contributed by atoms with van der Waals surface area (Å²) in [5.74, 6) is -0.313. The molecule has 0 radical (unpaired) electrons. The molecule has 0 atom stereocenters. The summed E-state index contributed by atoms with van der Waals surface area (Å²) in [5.41, 5.74) is -0.361. The fraction of sp³-hybridized carbons (Fsp3) is 0.875. The summed E-state index contributed by atoms with van der Waals surface area (Å²) < 4.78 is 0. The molecule has 0 amide bonds. The Morgan fingerprint density at radius 1 is 1.50 bits per heavy atom. The lowest BCUT2D eigenvalue weighted by atomic mass is 9.62. The van der Waals surface area contributed by atoms with Gasteiger partial charge in [0.15, 0.2) is 0 Å². The largest absolute Gasteiger partial charge is 0.481 e. The van der Waals surface area contributed by atoms with Gasteiger partial charge in [0, 0.05) is 0 Å². The molecule has 1 fully saturated rings. The molecule has 0 spiro atoms. The highest BCUT2D eigenvalue weighted by Gasteiger charge is 2.46. The number of hydrogen-bond acceptors (Lipinski definition) is 1. The van der Waals surface area contributed by atoms with Gasteiger partial charge in [-0.15, -0.1) is 0 Å². The van der Waals surface area contributed by atoms with E-state index >= 15 is 0 Å². The Morgan fingerprint density at radius 2 is 2.00 bits per heavy atom. The first kappa shape index (κ1) is 7.58. The van der Waals surface area contributed by atoms with Gasteiger partial charge >= 0.3 is 5.97 Å². The minimum atomic E-state index is -0.603. The van der Waals surface area contributed by atoms with E-state index in [1.807, 2.05) is 13.8 Å². The van der Waals surface area contributed by atoms with Gasteiger partial charge in [-0.3, -0.25) is 4.79 Å². The third-order valence-electron chi connectivity index (χ3n) is 2.78. The molecule has 1 N–H and O–H groups in total. The van der Waals surface area contributed by atoms with Crippen molar-refractivity contribution < 1.29 is 9.90 Å². The molecule has 2 heteroatoms. The van der Waals surface area contributed by atoms with Crippen LogP contribution in [0.15, 0.2) is 0 Å². The van der Waals surface area contributed by atoms with E-state index < -0.39 is 5.97 Å². The van der Waals surface area contributed by atoms with Gasteiger partial charge in [-0.1, -0.05) is 20.3 Å². The van der Waals surface area contributed by atoms with Gasteiger partial charge in [0.1, 0.15) is 0 Å². The molecule has 0 aromatic carbocycles. The van der Waals surface area contributed by atoms with Crippen molar-refractivity contribution in [2.45, 2.75) is 33.1 Å². The van der Waals surface area contributed by atoms with Crippen LogP contribution in [0.2, 0.25) is 0 Å². The molecule has 0 aromatic rings. The Morgan fingerprint density at radius 3 is 2.00 bits per heavy atom. The predicted octanol–water partition coefficient (Wildman–Crippen LogP) is 1.90. The van der Waals surface area contributed by atoms with Gasteiger partial charge in [-0.2, -0.15) is 0 Å². The van der Waals surface area contributed by atoms with Crippen molar-refractivity contribution in [3.05, 3.63) is 0 Å². The van der Waals surface area contributed by atoms with E-state index in [0.717, 1.165) is 19.3 Å². The van der Waals surface area contributed by atoms with Crippen LogP contribution in [-0.4, -0.2) is 11.1 Å². The van der Waals surface area contributed by atoms with Crippen LogP contribution in [-0.2, 0) is 4.79 Å². The fourth-order valence-electron chi connectivity index (χ4n) is 1.60. The van der Waals surface area contributed by atoms with Gasteiger partial charge in [0.2, 0.25) is 0 Å². The molecule has 58 valence electrons. The zero-order valence-corrected chi connectivity index (χ0v) is 6.55. The van der Waals surface area contributed by atoms with Crippen LogP contribution in [0.1, 0.15) is 33.1 Å². The van der Waals surface area contributed by atoms with Gasteiger partial charge in [-0.05, 0) is 18.8 Å². The molecule has 1 rings (SSSR count). The number of rotatable bonds is 2. The van der Waals surface area contributed by atoms with Crippen molar-refractivity contribution in [1.29, 1.82) is 0 Å². The minimum Gasteiger partial charge on any atom is -0.481 e. The van der Waals surface area contributed by atoms with Crippen molar-refractivity contribution in [3.63, 3.8) is 0 Å². The third kappa shape index (κ3) is 0.825. The van der Waals surface area contributed by atoms with Crippen molar-refractivity contribution >= 4 is 5.97 Å². The maximum atomic E-state index is 10.7. The highest BCUT2D eigenvalue weighted by atomic mass is 16.4. The van der Waals surface area contributed by atoms with Crippen LogP contribution in [0.4, 0.5) is 0 Å². The second kappa shape index (κ2) is 2.26. The zero-order valence-electron chi connectivity index (χ0n) is 6.55. The van der Waals surface area contributed by atoms with Crippen molar-refractivity contribution in [1.82, 2.24) is 0 Å². The van der Waals surface area contributed by atoms with Crippen LogP contribution < -0.4 is 0 Å². The van der Waals surface area contributed by atoms with E-state index in [2.05, 4.69) is 0 Å². The van der Waals surface area contributed by atoms with Gasteiger partial charge < -0.3 is 5.11 Å². The Labute approximate surface area is 61.2 Å². The Balaban J connectivity index is 2.68. The fourth-order valence-corrected chi connectivity index (χ4v) is 1.60. The van der Waals surface area contributed by atoms with Crippen LogP contribution in [0.5, 0.6) is 0 Å². The number of aliphatic carboxylic acids is 1. The zero-order chi connectivity index (χ0) is 7.78. The Kier molecular flexibility index (Phi) is 1.71. The van der Waals surface area contributed by atoms with Gasteiger partial charge in [0.05, 0.1) is 5.41 Å². The van der Waals surface area contributed by atoms with E-state index in [-0.39, 0.29) is 5.41 Å². The molecule has 1 aliphatic rings. The van der Waals surface area contributed by atoms with Crippen molar-refractivity contribution in [2.24, 2.45) is 11.3 Å². The van der Waals surface area contributed by atoms with Crippen molar-refractivity contribution in [2.75, 3.05) is 0 Å². The average molecular weight is 142 g/mol. The van der Waals surface area contributed by atoms with Crippen molar-refractivity contribution in [3.8, 4) is 0 Å². The summed E-state index contributed by atoms with van der Waals surface area (Å²) in [6.45, 7) is 3.99. The first-order valence-corrected chi connectivity index (χ1v) is 3.83. The lowest BCUT2D eigenvalue weighted by Gasteiger charge is -2.41. The monoisotopic (exact) mass is 142 g/mol. The maximum Gasteiger partial charge on any atom is 0.309 e. The molecule has 2 nitrogen and oxygen atoms in total. The summed E-state index contributed by atoms with van der Waals surface area (Å²) in [5, 5.41) is 8.85. The highest BCUT2D eigenvalue weighted by molar-refractivity contribution is 5.76.